The Labute approximate surface area is 129 Å². The van der Waals surface area contributed by atoms with Crippen LogP contribution in [0.3, 0.4) is 0 Å². The predicted molar refractivity (Wildman–Crippen MR) is 87.1 cm³/mol. The molecule has 0 aliphatic heterocycles. The number of hydrogen-bond donors (Lipinski definition) is 1. The van der Waals surface area contributed by atoms with Crippen LogP contribution in [0.1, 0.15) is 50.8 Å². The number of aliphatic hydroxyl groups is 1. The molecule has 106 valence electrons. The summed E-state index contributed by atoms with van der Waals surface area (Å²) in [4.78, 5) is 0. The zero-order valence-corrected chi connectivity index (χ0v) is 12.2. The lowest BCUT2D eigenvalue weighted by Gasteiger charge is -2.43. The molecule has 3 aromatic rings. The summed E-state index contributed by atoms with van der Waals surface area (Å²) in [6, 6.07) is 23.9. The third-order valence-electron chi connectivity index (χ3n) is 5.24. The summed E-state index contributed by atoms with van der Waals surface area (Å²) < 4.78 is 0. The number of rotatable bonds is 1. The van der Waals surface area contributed by atoms with Crippen molar-refractivity contribution in [2.24, 2.45) is 0 Å². The average molecular weight is 284 g/mol. The molecule has 0 fully saturated rings. The molecule has 6 rings (SSSR count). The standard InChI is InChI=1S/C21H16O/c22-12-13-6-5-11-18-19(13)21-16-9-3-1-7-14(16)20(18)15-8-2-4-10-17(15)21/h1-11,20-22H,12H2. The molecule has 0 spiro atoms. The van der Waals surface area contributed by atoms with Gasteiger partial charge in [-0.2, -0.15) is 0 Å². The van der Waals surface area contributed by atoms with E-state index >= 15 is 0 Å². The van der Waals surface area contributed by atoms with E-state index in [-0.39, 0.29) is 12.5 Å². The topological polar surface area (TPSA) is 20.2 Å². The van der Waals surface area contributed by atoms with Crippen LogP contribution in [-0.2, 0) is 6.61 Å². The molecular weight excluding hydrogens is 268 g/mol. The van der Waals surface area contributed by atoms with Crippen LogP contribution in [0, 0.1) is 0 Å². The van der Waals surface area contributed by atoms with E-state index in [0.717, 1.165) is 5.56 Å². The van der Waals surface area contributed by atoms with E-state index in [1.165, 1.54) is 33.4 Å². The minimum atomic E-state index is 0.108. The highest BCUT2D eigenvalue weighted by molar-refractivity contribution is 5.69. The van der Waals surface area contributed by atoms with E-state index in [1.54, 1.807) is 0 Å². The SMILES string of the molecule is OCc1cccc2c1C1c3ccccc3C2c2ccccc21. The largest absolute Gasteiger partial charge is 0.392 e. The van der Waals surface area contributed by atoms with Gasteiger partial charge in [0, 0.05) is 11.8 Å². The minimum absolute atomic E-state index is 0.108. The van der Waals surface area contributed by atoms with Gasteiger partial charge in [0.2, 0.25) is 0 Å². The van der Waals surface area contributed by atoms with E-state index in [2.05, 4.69) is 66.7 Å². The Morgan fingerprint density at radius 2 is 1.09 bits per heavy atom. The third-order valence-corrected chi connectivity index (χ3v) is 5.24. The lowest BCUT2D eigenvalue weighted by Crippen LogP contribution is -2.28. The van der Waals surface area contributed by atoms with Crippen LogP contribution >= 0.6 is 0 Å². The van der Waals surface area contributed by atoms with Gasteiger partial charge in [0.15, 0.2) is 0 Å². The zero-order valence-electron chi connectivity index (χ0n) is 12.2. The molecule has 1 nitrogen and oxygen atoms in total. The van der Waals surface area contributed by atoms with E-state index < -0.39 is 0 Å². The van der Waals surface area contributed by atoms with Gasteiger partial charge < -0.3 is 5.11 Å². The van der Waals surface area contributed by atoms with Gasteiger partial charge in [0.05, 0.1) is 6.61 Å². The molecule has 22 heavy (non-hydrogen) atoms. The van der Waals surface area contributed by atoms with E-state index in [1.807, 2.05) is 0 Å². The highest BCUT2D eigenvalue weighted by Gasteiger charge is 2.41. The van der Waals surface area contributed by atoms with Crippen molar-refractivity contribution < 1.29 is 5.11 Å². The van der Waals surface area contributed by atoms with Crippen molar-refractivity contribution in [3.05, 3.63) is 106 Å². The monoisotopic (exact) mass is 284 g/mol. The Bertz CT molecular complexity index is 846. The quantitative estimate of drug-likeness (QED) is 0.490. The maximum atomic E-state index is 9.82. The first-order valence-electron chi connectivity index (χ1n) is 7.80. The normalized spacial score (nSPS) is 20.2. The van der Waals surface area contributed by atoms with E-state index in [9.17, 15) is 5.11 Å². The summed E-state index contributed by atoms with van der Waals surface area (Å²) in [6.07, 6.45) is 0. The zero-order chi connectivity index (χ0) is 14.7. The second-order valence-corrected chi connectivity index (χ2v) is 6.20. The summed E-state index contributed by atoms with van der Waals surface area (Å²) >= 11 is 0. The van der Waals surface area contributed by atoms with Gasteiger partial charge in [-0.25, -0.2) is 0 Å². The molecule has 0 saturated heterocycles. The van der Waals surface area contributed by atoms with E-state index in [4.69, 9.17) is 0 Å². The predicted octanol–water partition coefficient (Wildman–Crippen LogP) is 4.17. The lowest BCUT2D eigenvalue weighted by atomic mass is 9.60. The second-order valence-electron chi connectivity index (χ2n) is 6.20. The minimum Gasteiger partial charge on any atom is -0.392 e. The molecule has 0 aromatic heterocycles. The number of benzene rings is 3. The molecule has 3 aliphatic carbocycles. The van der Waals surface area contributed by atoms with Gasteiger partial charge in [0.25, 0.3) is 0 Å². The first-order chi connectivity index (χ1) is 10.9. The van der Waals surface area contributed by atoms with Gasteiger partial charge in [-0.15, -0.1) is 0 Å². The summed E-state index contributed by atoms with van der Waals surface area (Å²) in [5, 5.41) is 9.82. The fraction of sp³-hybridized carbons (Fsp3) is 0.143. The maximum Gasteiger partial charge on any atom is 0.0684 e. The Kier molecular flexibility index (Phi) is 2.39. The highest BCUT2D eigenvalue weighted by atomic mass is 16.3. The Hall–Kier alpha value is -2.38. The van der Waals surface area contributed by atoms with Crippen LogP contribution in [0.4, 0.5) is 0 Å². The average Bonchev–Trinajstić information content (AvgIpc) is 2.60. The molecule has 0 unspecified atom stereocenters. The van der Waals surface area contributed by atoms with Crippen LogP contribution in [-0.4, -0.2) is 5.11 Å². The highest BCUT2D eigenvalue weighted by Crippen LogP contribution is 2.56. The summed E-state index contributed by atoms with van der Waals surface area (Å²) in [5.74, 6) is 0.564. The first-order valence-corrected chi connectivity index (χ1v) is 7.80. The van der Waals surface area contributed by atoms with Gasteiger partial charge >= 0.3 is 0 Å². The van der Waals surface area contributed by atoms with Crippen molar-refractivity contribution in [2.45, 2.75) is 18.4 Å². The molecule has 0 radical (unpaired) electrons. The molecule has 0 saturated carbocycles. The van der Waals surface area contributed by atoms with Crippen LogP contribution < -0.4 is 0 Å². The van der Waals surface area contributed by atoms with Gasteiger partial charge in [-0.05, 0) is 38.9 Å². The van der Waals surface area contributed by atoms with Crippen molar-refractivity contribution in [1.82, 2.24) is 0 Å². The number of hydrogen-bond acceptors (Lipinski definition) is 1. The van der Waals surface area contributed by atoms with Crippen LogP contribution in [0.2, 0.25) is 0 Å². The molecular formula is C21H16O. The van der Waals surface area contributed by atoms with Crippen molar-refractivity contribution in [3.8, 4) is 0 Å². The Morgan fingerprint density at radius 3 is 1.64 bits per heavy atom. The van der Waals surface area contributed by atoms with Crippen LogP contribution in [0.15, 0.2) is 66.7 Å². The first kappa shape index (κ1) is 12.2. The fourth-order valence-electron chi connectivity index (χ4n) is 4.43. The Balaban J connectivity index is 1.92. The van der Waals surface area contributed by atoms with Gasteiger partial charge in [-0.1, -0.05) is 66.7 Å². The summed E-state index contributed by atoms with van der Waals surface area (Å²) in [7, 11) is 0. The summed E-state index contributed by atoms with van der Waals surface area (Å²) in [5.41, 5.74) is 9.42. The maximum absolute atomic E-state index is 9.82. The molecule has 0 atom stereocenters. The molecule has 3 aliphatic rings. The lowest BCUT2D eigenvalue weighted by molar-refractivity contribution is 0.280. The Morgan fingerprint density at radius 1 is 0.591 bits per heavy atom. The van der Waals surface area contributed by atoms with E-state index in [0.29, 0.717) is 5.92 Å². The fourth-order valence-corrected chi connectivity index (χ4v) is 4.43. The smallest absolute Gasteiger partial charge is 0.0684 e. The third kappa shape index (κ3) is 1.37. The van der Waals surface area contributed by atoms with Crippen molar-refractivity contribution >= 4 is 0 Å². The van der Waals surface area contributed by atoms with Crippen molar-refractivity contribution in [2.75, 3.05) is 0 Å². The van der Waals surface area contributed by atoms with Crippen molar-refractivity contribution in [3.63, 3.8) is 0 Å². The van der Waals surface area contributed by atoms with Crippen molar-refractivity contribution in [1.29, 1.82) is 0 Å². The summed E-state index contributed by atoms with van der Waals surface area (Å²) in [6.45, 7) is 0.108. The molecule has 1 heteroatoms. The number of aliphatic hydroxyl groups excluding tert-OH is 1. The second kappa shape index (κ2) is 4.31. The van der Waals surface area contributed by atoms with Crippen LogP contribution in [0.5, 0.6) is 0 Å². The molecule has 0 heterocycles. The van der Waals surface area contributed by atoms with Gasteiger partial charge in [0.1, 0.15) is 0 Å². The van der Waals surface area contributed by atoms with Gasteiger partial charge in [-0.3, -0.25) is 0 Å². The van der Waals surface area contributed by atoms with Crippen LogP contribution in [0.25, 0.3) is 0 Å². The molecule has 1 N–H and O–H groups in total. The molecule has 3 aromatic carbocycles. The molecule has 0 amide bonds. The molecule has 2 bridgehead atoms.